The van der Waals surface area contributed by atoms with Crippen molar-refractivity contribution in [1.82, 2.24) is 20.1 Å². The first-order chi connectivity index (χ1) is 10.3. The fourth-order valence-electron chi connectivity index (χ4n) is 1.88. The molecule has 0 amide bonds. The van der Waals surface area contributed by atoms with Gasteiger partial charge in [0.2, 0.25) is 11.8 Å². The van der Waals surface area contributed by atoms with E-state index in [0.29, 0.717) is 24.2 Å². The smallest absolute Gasteiger partial charge is 0.226 e. The molecule has 3 aromatic rings. The summed E-state index contributed by atoms with van der Waals surface area (Å²) >= 11 is 1.59. The van der Waals surface area contributed by atoms with Gasteiger partial charge in [0.15, 0.2) is 5.82 Å². The minimum absolute atomic E-state index is 0.465. The van der Waals surface area contributed by atoms with E-state index in [-0.39, 0.29) is 0 Å². The summed E-state index contributed by atoms with van der Waals surface area (Å²) < 4.78 is 4.96. The molecule has 0 aliphatic rings. The second kappa shape index (κ2) is 6.04. The Morgan fingerprint density at radius 2 is 2.14 bits per heavy atom. The van der Waals surface area contributed by atoms with Gasteiger partial charge in [-0.15, -0.1) is 11.3 Å². The predicted molar refractivity (Wildman–Crippen MR) is 82.6 cm³/mol. The van der Waals surface area contributed by atoms with Crippen LogP contribution in [-0.2, 0) is 6.54 Å². The fourth-order valence-corrected chi connectivity index (χ4v) is 2.65. The van der Waals surface area contributed by atoms with Crippen LogP contribution in [0, 0.1) is 6.92 Å². The third-order valence-electron chi connectivity index (χ3n) is 2.84. The molecule has 8 heteroatoms. The van der Waals surface area contributed by atoms with Crippen molar-refractivity contribution in [3.63, 3.8) is 0 Å². The first-order valence-corrected chi connectivity index (χ1v) is 7.66. The van der Waals surface area contributed by atoms with Crippen LogP contribution in [0.1, 0.15) is 25.1 Å². The quantitative estimate of drug-likeness (QED) is 0.723. The molecular weight excluding hydrogens is 288 g/mol. The molecule has 7 nitrogen and oxygen atoms in total. The zero-order valence-corrected chi connectivity index (χ0v) is 12.7. The number of thiophene rings is 1. The van der Waals surface area contributed by atoms with Gasteiger partial charge in [0.1, 0.15) is 10.6 Å². The largest absolute Gasteiger partial charge is 0.362 e. The molecule has 0 atom stereocenters. The Bertz CT molecular complexity index is 737. The Labute approximate surface area is 125 Å². The molecule has 0 bridgehead atoms. The number of fused-ring (bicyclic) bond motifs is 1. The average molecular weight is 304 g/mol. The van der Waals surface area contributed by atoms with Crippen molar-refractivity contribution in [3.05, 3.63) is 23.2 Å². The molecular formula is C13H16N6OS. The number of hydrogen-bond donors (Lipinski definition) is 2. The molecule has 0 saturated carbocycles. The number of hydrogen-bond acceptors (Lipinski definition) is 8. The lowest BCUT2D eigenvalue weighted by Crippen LogP contribution is -2.08. The summed E-state index contributed by atoms with van der Waals surface area (Å²) in [4.78, 5) is 14.1. The molecule has 0 aliphatic heterocycles. The number of aryl methyl sites for hydroxylation is 1. The van der Waals surface area contributed by atoms with Crippen LogP contribution in [0.4, 0.5) is 11.8 Å². The molecule has 2 N–H and O–H groups in total. The van der Waals surface area contributed by atoms with Crippen LogP contribution in [0.25, 0.3) is 10.2 Å². The van der Waals surface area contributed by atoms with Gasteiger partial charge < -0.3 is 15.2 Å². The van der Waals surface area contributed by atoms with E-state index in [2.05, 4.69) is 37.7 Å². The van der Waals surface area contributed by atoms with Crippen molar-refractivity contribution in [2.45, 2.75) is 26.8 Å². The molecule has 0 radical (unpaired) electrons. The van der Waals surface area contributed by atoms with E-state index in [1.54, 1.807) is 18.3 Å². The van der Waals surface area contributed by atoms with E-state index in [1.807, 2.05) is 11.4 Å². The van der Waals surface area contributed by atoms with Crippen molar-refractivity contribution in [1.29, 1.82) is 0 Å². The normalized spacial score (nSPS) is 11.0. The highest BCUT2D eigenvalue weighted by Gasteiger charge is 2.10. The number of anilines is 2. The third kappa shape index (κ3) is 3.10. The standard InChI is InChI=1S/C13H16N6OS/c1-3-5-14-13-17-11(9-4-6-21-12(9)18-13)15-7-10-16-8(2)20-19-10/h4,6H,3,5,7H2,1-2H3,(H2,14,15,17,18). The van der Waals surface area contributed by atoms with Crippen molar-refractivity contribution in [2.75, 3.05) is 17.2 Å². The highest BCUT2D eigenvalue weighted by Crippen LogP contribution is 2.26. The molecule has 0 spiro atoms. The number of rotatable bonds is 6. The second-order valence-electron chi connectivity index (χ2n) is 4.55. The monoisotopic (exact) mass is 304 g/mol. The maximum atomic E-state index is 4.96. The van der Waals surface area contributed by atoms with Crippen molar-refractivity contribution >= 4 is 33.3 Å². The van der Waals surface area contributed by atoms with Crippen LogP contribution in [-0.4, -0.2) is 26.7 Å². The topological polar surface area (TPSA) is 88.8 Å². The van der Waals surface area contributed by atoms with Crippen molar-refractivity contribution < 1.29 is 4.52 Å². The number of aromatic nitrogens is 4. The Morgan fingerprint density at radius 1 is 1.24 bits per heavy atom. The molecule has 0 saturated heterocycles. The van der Waals surface area contributed by atoms with Gasteiger partial charge in [-0.2, -0.15) is 9.97 Å². The summed E-state index contributed by atoms with van der Waals surface area (Å²) in [5.41, 5.74) is 0. The first kappa shape index (κ1) is 13.7. The SMILES string of the molecule is CCCNc1nc(NCc2noc(C)n2)c2ccsc2n1. The third-order valence-corrected chi connectivity index (χ3v) is 3.65. The van der Waals surface area contributed by atoms with E-state index in [9.17, 15) is 0 Å². The maximum Gasteiger partial charge on any atom is 0.226 e. The maximum absolute atomic E-state index is 4.96. The van der Waals surface area contributed by atoms with Gasteiger partial charge in [-0.25, -0.2) is 4.98 Å². The Morgan fingerprint density at radius 3 is 2.90 bits per heavy atom. The van der Waals surface area contributed by atoms with E-state index in [1.165, 1.54) is 0 Å². The zero-order valence-electron chi connectivity index (χ0n) is 11.9. The van der Waals surface area contributed by atoms with Gasteiger partial charge in [-0.3, -0.25) is 0 Å². The lowest BCUT2D eigenvalue weighted by atomic mass is 10.3. The van der Waals surface area contributed by atoms with Crippen LogP contribution < -0.4 is 10.6 Å². The van der Waals surface area contributed by atoms with Crippen LogP contribution in [0.15, 0.2) is 16.0 Å². The molecule has 0 aromatic carbocycles. The summed E-state index contributed by atoms with van der Waals surface area (Å²) in [6.45, 7) is 5.19. The van der Waals surface area contributed by atoms with Crippen molar-refractivity contribution in [2.24, 2.45) is 0 Å². The Kier molecular flexibility index (Phi) is 3.96. The van der Waals surface area contributed by atoms with Crippen LogP contribution in [0.2, 0.25) is 0 Å². The van der Waals surface area contributed by atoms with E-state index >= 15 is 0 Å². The second-order valence-corrected chi connectivity index (χ2v) is 5.44. The summed E-state index contributed by atoms with van der Waals surface area (Å²) in [5.74, 6) is 2.58. The molecule has 0 unspecified atom stereocenters. The molecule has 21 heavy (non-hydrogen) atoms. The lowest BCUT2D eigenvalue weighted by Gasteiger charge is -2.08. The summed E-state index contributed by atoms with van der Waals surface area (Å²) in [5, 5.41) is 13.3. The van der Waals surface area contributed by atoms with Gasteiger partial charge in [-0.1, -0.05) is 12.1 Å². The zero-order chi connectivity index (χ0) is 14.7. The molecule has 3 heterocycles. The van der Waals surface area contributed by atoms with Crippen LogP contribution in [0.5, 0.6) is 0 Å². The van der Waals surface area contributed by atoms with Gasteiger partial charge in [0.25, 0.3) is 0 Å². The molecule has 0 aliphatic carbocycles. The number of nitrogens with one attached hydrogen (secondary N) is 2. The van der Waals surface area contributed by atoms with Crippen molar-refractivity contribution in [3.8, 4) is 0 Å². The minimum Gasteiger partial charge on any atom is -0.362 e. The van der Waals surface area contributed by atoms with Crippen LogP contribution in [0.3, 0.4) is 0 Å². The molecule has 3 aromatic heterocycles. The lowest BCUT2D eigenvalue weighted by molar-refractivity contribution is 0.388. The van der Waals surface area contributed by atoms with Gasteiger partial charge >= 0.3 is 0 Å². The highest BCUT2D eigenvalue weighted by molar-refractivity contribution is 7.16. The van der Waals surface area contributed by atoms with Gasteiger partial charge in [0, 0.05) is 13.5 Å². The summed E-state index contributed by atoms with van der Waals surface area (Å²) in [6.07, 6.45) is 1.02. The molecule has 110 valence electrons. The Balaban J connectivity index is 1.83. The van der Waals surface area contributed by atoms with E-state index in [4.69, 9.17) is 4.52 Å². The minimum atomic E-state index is 0.465. The summed E-state index contributed by atoms with van der Waals surface area (Å²) in [7, 11) is 0. The Hall–Kier alpha value is -2.22. The predicted octanol–water partition coefficient (Wildman–Crippen LogP) is 2.82. The van der Waals surface area contributed by atoms with E-state index < -0.39 is 0 Å². The van der Waals surface area contributed by atoms with Gasteiger partial charge in [0.05, 0.1) is 11.9 Å². The van der Waals surface area contributed by atoms with E-state index in [0.717, 1.165) is 29.0 Å². The summed E-state index contributed by atoms with van der Waals surface area (Å²) in [6, 6.07) is 2.01. The first-order valence-electron chi connectivity index (χ1n) is 6.78. The number of nitrogens with zero attached hydrogens (tertiary/aromatic N) is 4. The molecule has 0 fully saturated rings. The fraction of sp³-hybridized carbons (Fsp3) is 0.385. The highest BCUT2D eigenvalue weighted by atomic mass is 32.1. The molecule has 3 rings (SSSR count). The van der Waals surface area contributed by atoms with Crippen LogP contribution >= 0.6 is 11.3 Å². The van der Waals surface area contributed by atoms with Gasteiger partial charge in [-0.05, 0) is 17.9 Å². The average Bonchev–Trinajstić information content (AvgIpc) is 3.11.